The van der Waals surface area contributed by atoms with Crippen molar-refractivity contribution in [1.82, 2.24) is 10.4 Å². The van der Waals surface area contributed by atoms with E-state index in [0.29, 0.717) is 6.54 Å². The largest absolute Gasteiger partial charge is 0.345 e. The van der Waals surface area contributed by atoms with Crippen LogP contribution in [0.3, 0.4) is 0 Å². The molecule has 1 fully saturated rings. The fourth-order valence-corrected chi connectivity index (χ4v) is 0.448. The molecule has 3 nitrogen and oxygen atoms in total. The van der Waals surface area contributed by atoms with Gasteiger partial charge in [0.05, 0.1) is 6.54 Å². The summed E-state index contributed by atoms with van der Waals surface area (Å²) in [6.45, 7) is 0.605. The van der Waals surface area contributed by atoms with Crippen molar-refractivity contribution in [3.8, 4) is 0 Å². The second-order valence-electron chi connectivity index (χ2n) is 1.32. The third-order valence-corrected chi connectivity index (χ3v) is 0.805. The Bertz CT molecular complexity index is 94.9. The van der Waals surface area contributed by atoms with Crippen LogP contribution in [-0.2, 0) is 0 Å². The molecule has 1 N–H and O–H groups in total. The van der Waals surface area contributed by atoms with E-state index in [1.165, 1.54) is 0 Å². The first-order valence-electron chi connectivity index (χ1n) is 2.02. The zero-order valence-corrected chi connectivity index (χ0v) is 3.65. The quantitative estimate of drug-likeness (QED) is 0.427. The molecule has 1 rings (SSSR count). The lowest BCUT2D eigenvalue weighted by molar-refractivity contribution is 0.0924. The highest BCUT2D eigenvalue weighted by Gasteiger charge is 2.17. The number of urea groups is 1. The molecule has 0 aromatic carbocycles. The molecule has 0 saturated carbocycles. The molecule has 0 aliphatic carbocycles. The summed E-state index contributed by atoms with van der Waals surface area (Å²) in [7, 11) is 0. The molecule has 0 atom stereocenters. The highest BCUT2D eigenvalue weighted by molar-refractivity contribution is 5.74. The lowest BCUT2D eigenvalue weighted by atomic mass is 10.7. The molecule has 1 heterocycles. The summed E-state index contributed by atoms with van der Waals surface area (Å²) in [5.41, 5.74) is 0. The molecule has 40 valence electrons. The van der Waals surface area contributed by atoms with Crippen LogP contribution in [0.15, 0.2) is 0 Å². The Morgan fingerprint density at radius 1 is 1.86 bits per heavy atom. The fourth-order valence-electron chi connectivity index (χ4n) is 0.448. The predicted molar refractivity (Wildman–Crippen MR) is 21.2 cm³/mol. The molecule has 0 unspecified atom stereocenters. The van der Waals surface area contributed by atoms with Crippen LogP contribution in [0.4, 0.5) is 9.28 Å². The molecule has 2 amide bonds. The van der Waals surface area contributed by atoms with Crippen molar-refractivity contribution >= 4 is 6.03 Å². The maximum Gasteiger partial charge on any atom is 0.345 e. The van der Waals surface area contributed by atoms with Gasteiger partial charge >= 0.3 is 6.03 Å². The summed E-state index contributed by atoms with van der Waals surface area (Å²) >= 11 is 0. The minimum Gasteiger partial charge on any atom is -0.334 e. The Morgan fingerprint density at radius 3 is 2.71 bits per heavy atom. The number of amides is 2. The van der Waals surface area contributed by atoms with Crippen LogP contribution in [-0.4, -0.2) is 24.2 Å². The summed E-state index contributed by atoms with van der Waals surface area (Å²) < 4.78 is 11.7. The van der Waals surface area contributed by atoms with Crippen molar-refractivity contribution in [2.24, 2.45) is 0 Å². The van der Waals surface area contributed by atoms with Crippen LogP contribution in [0.2, 0.25) is 0 Å². The highest BCUT2D eigenvalue weighted by Crippen LogP contribution is 1.93. The first-order chi connectivity index (χ1) is 3.30. The number of carbonyl (C=O) groups excluding carboxylic acids is 1. The van der Waals surface area contributed by atoms with Gasteiger partial charge in [0, 0.05) is 6.54 Å². The first kappa shape index (κ1) is 4.36. The Morgan fingerprint density at radius 2 is 2.57 bits per heavy atom. The van der Waals surface area contributed by atoms with Crippen molar-refractivity contribution in [3.63, 3.8) is 0 Å². The predicted octanol–water partition coefficient (Wildman–Crippen LogP) is -0.104. The van der Waals surface area contributed by atoms with Gasteiger partial charge in [-0.3, -0.25) is 0 Å². The summed E-state index contributed by atoms with van der Waals surface area (Å²) in [4.78, 5) is 10.0. The van der Waals surface area contributed by atoms with E-state index >= 15 is 0 Å². The van der Waals surface area contributed by atoms with Gasteiger partial charge < -0.3 is 5.32 Å². The van der Waals surface area contributed by atoms with Gasteiger partial charge in [-0.25, -0.2) is 4.79 Å². The fraction of sp³-hybridized carbons (Fsp3) is 0.667. The lowest BCUT2D eigenvalue weighted by Gasteiger charge is -1.94. The van der Waals surface area contributed by atoms with Crippen molar-refractivity contribution in [3.05, 3.63) is 0 Å². The SMILES string of the molecule is O=C1NCCN1F. The standard InChI is InChI=1S/C3H5FN2O/c4-6-2-1-5-3(6)7/h1-2H2,(H,5,7). The Hall–Kier alpha value is -0.800. The molecule has 1 aliphatic rings. The van der Waals surface area contributed by atoms with Crippen LogP contribution in [0.1, 0.15) is 0 Å². The van der Waals surface area contributed by atoms with Crippen molar-refractivity contribution in [2.45, 2.75) is 0 Å². The van der Waals surface area contributed by atoms with E-state index in [4.69, 9.17) is 0 Å². The molecular weight excluding hydrogens is 99.0 g/mol. The third kappa shape index (κ3) is 0.629. The number of carbonyl (C=O) groups is 1. The lowest BCUT2D eigenvalue weighted by Crippen LogP contribution is -2.19. The first-order valence-corrected chi connectivity index (χ1v) is 2.02. The topological polar surface area (TPSA) is 32.3 Å². The molecule has 0 aromatic rings. The van der Waals surface area contributed by atoms with Crippen LogP contribution < -0.4 is 5.32 Å². The molecule has 0 aromatic heterocycles. The van der Waals surface area contributed by atoms with Gasteiger partial charge in [-0.15, -0.1) is 0 Å². The molecule has 4 heteroatoms. The number of rotatable bonds is 0. The minimum absolute atomic E-state index is 0.153. The van der Waals surface area contributed by atoms with E-state index in [9.17, 15) is 9.28 Å². The molecule has 7 heavy (non-hydrogen) atoms. The highest BCUT2D eigenvalue weighted by atomic mass is 19.2. The molecule has 0 radical (unpaired) electrons. The van der Waals surface area contributed by atoms with Crippen LogP contribution in [0, 0.1) is 0 Å². The number of hydrogen-bond donors (Lipinski definition) is 1. The Balaban J connectivity index is 2.48. The van der Waals surface area contributed by atoms with Crippen LogP contribution >= 0.6 is 0 Å². The van der Waals surface area contributed by atoms with Gasteiger partial charge in [-0.05, 0) is 0 Å². The minimum atomic E-state index is -0.625. The van der Waals surface area contributed by atoms with Gasteiger partial charge in [0.1, 0.15) is 0 Å². The van der Waals surface area contributed by atoms with Crippen molar-refractivity contribution < 1.29 is 9.28 Å². The van der Waals surface area contributed by atoms with Gasteiger partial charge in [-0.2, -0.15) is 5.12 Å². The second-order valence-corrected chi connectivity index (χ2v) is 1.32. The maximum absolute atomic E-state index is 11.7. The zero-order chi connectivity index (χ0) is 5.28. The summed E-state index contributed by atoms with van der Waals surface area (Å²) in [6, 6.07) is -0.625. The van der Waals surface area contributed by atoms with E-state index in [1.807, 2.05) is 0 Å². The average Bonchev–Trinajstić information content (AvgIpc) is 1.91. The van der Waals surface area contributed by atoms with E-state index in [1.54, 1.807) is 0 Å². The molecule has 0 spiro atoms. The van der Waals surface area contributed by atoms with Crippen molar-refractivity contribution in [1.29, 1.82) is 0 Å². The third-order valence-electron chi connectivity index (χ3n) is 0.805. The Labute approximate surface area is 40.0 Å². The van der Waals surface area contributed by atoms with E-state index in [2.05, 4.69) is 5.32 Å². The average molecular weight is 104 g/mol. The zero-order valence-electron chi connectivity index (χ0n) is 3.65. The van der Waals surface area contributed by atoms with Gasteiger partial charge in [-0.1, -0.05) is 4.48 Å². The van der Waals surface area contributed by atoms with Gasteiger partial charge in [0.25, 0.3) is 0 Å². The number of nitrogens with one attached hydrogen (secondary N) is 1. The summed E-state index contributed by atoms with van der Waals surface area (Å²) in [5.74, 6) is 0. The van der Waals surface area contributed by atoms with E-state index in [-0.39, 0.29) is 11.7 Å². The Kier molecular flexibility index (Phi) is 0.850. The number of hydrogen-bond acceptors (Lipinski definition) is 1. The van der Waals surface area contributed by atoms with E-state index < -0.39 is 6.03 Å². The molecule has 1 aliphatic heterocycles. The molecule has 0 bridgehead atoms. The maximum atomic E-state index is 11.7. The molecule has 1 saturated heterocycles. The smallest absolute Gasteiger partial charge is 0.334 e. The van der Waals surface area contributed by atoms with E-state index in [0.717, 1.165) is 0 Å². The summed E-state index contributed by atoms with van der Waals surface area (Å²) in [6.07, 6.45) is 0. The summed E-state index contributed by atoms with van der Waals surface area (Å²) in [5, 5.41) is 2.43. The van der Waals surface area contributed by atoms with Gasteiger partial charge in [0.2, 0.25) is 0 Å². The van der Waals surface area contributed by atoms with Crippen molar-refractivity contribution in [2.75, 3.05) is 13.1 Å². The second kappa shape index (κ2) is 1.36. The number of nitrogens with zero attached hydrogens (tertiary/aromatic N) is 1. The van der Waals surface area contributed by atoms with Crippen LogP contribution in [0.25, 0.3) is 0 Å². The number of halogens is 1. The molecular formula is C3H5FN2O. The van der Waals surface area contributed by atoms with Gasteiger partial charge in [0.15, 0.2) is 0 Å². The monoisotopic (exact) mass is 104 g/mol. The van der Waals surface area contributed by atoms with Crippen LogP contribution in [0.5, 0.6) is 0 Å². The normalized spacial score (nSPS) is 20.1.